The van der Waals surface area contributed by atoms with E-state index in [9.17, 15) is 19.4 Å². The van der Waals surface area contributed by atoms with E-state index in [1.807, 2.05) is 21.1 Å². The lowest BCUT2D eigenvalue weighted by atomic mass is 10.0. The second kappa shape index (κ2) is 41.9. The van der Waals surface area contributed by atoms with Gasteiger partial charge in [0.2, 0.25) is 0 Å². The van der Waals surface area contributed by atoms with Crippen LogP contribution in [0.25, 0.3) is 0 Å². The molecule has 2 N–H and O–H groups in total. The predicted molar refractivity (Wildman–Crippen MR) is 251 cm³/mol. The smallest absolute Gasteiger partial charge is 0.463 e. The van der Waals surface area contributed by atoms with Crippen molar-refractivity contribution in [2.45, 2.75) is 154 Å². The molecule has 0 fully saturated rings. The topological polar surface area (TPSA) is 102 Å². The maximum atomic E-state index is 12.0. The van der Waals surface area contributed by atoms with E-state index in [1.165, 1.54) is 57.8 Å². The zero-order chi connectivity index (χ0) is 43.4. The Labute approximate surface area is 361 Å². The first-order chi connectivity index (χ1) is 28.6. The lowest BCUT2D eigenvalue weighted by Gasteiger charge is -2.24. The molecule has 0 spiro atoms. The average molecular weight is 843 g/mol. The van der Waals surface area contributed by atoms with Crippen LogP contribution in [-0.4, -0.2) is 74.1 Å². The van der Waals surface area contributed by atoms with Crippen molar-refractivity contribution in [3.8, 4) is 0 Å². The summed E-state index contributed by atoms with van der Waals surface area (Å²) in [5, 5.41) is 9.92. The van der Waals surface area contributed by atoms with Crippen molar-refractivity contribution in [2.24, 2.45) is 0 Å². The van der Waals surface area contributed by atoms with E-state index >= 15 is 0 Å². The first-order valence-electron chi connectivity index (χ1n) is 22.7. The van der Waals surface area contributed by atoms with Crippen molar-refractivity contribution in [1.29, 1.82) is 0 Å². The van der Waals surface area contributed by atoms with Gasteiger partial charge < -0.3 is 19.2 Å². The minimum Gasteiger partial charge on any atom is -0.463 e. The number of ether oxygens (including phenoxy) is 1. The zero-order valence-corrected chi connectivity index (χ0v) is 38.6. The molecule has 336 valence electrons. The van der Waals surface area contributed by atoms with Crippen molar-refractivity contribution >= 4 is 13.8 Å². The molecule has 0 saturated carbocycles. The van der Waals surface area contributed by atoms with Gasteiger partial charge in [0.05, 0.1) is 27.7 Å². The number of hydrogen-bond donors (Lipinski definition) is 2. The highest BCUT2D eigenvalue weighted by atomic mass is 31.2. The van der Waals surface area contributed by atoms with Crippen molar-refractivity contribution in [2.75, 3.05) is 47.5 Å². The minimum atomic E-state index is -4.26. The van der Waals surface area contributed by atoms with Crippen molar-refractivity contribution in [1.82, 2.24) is 0 Å². The van der Waals surface area contributed by atoms with Gasteiger partial charge >= 0.3 is 13.8 Å². The van der Waals surface area contributed by atoms with Crippen LogP contribution in [0.4, 0.5) is 0 Å². The summed E-state index contributed by atoms with van der Waals surface area (Å²) in [5.74, 6) is -0.380. The van der Waals surface area contributed by atoms with Gasteiger partial charge in [-0.15, -0.1) is 0 Å². The van der Waals surface area contributed by atoms with E-state index in [0.29, 0.717) is 17.4 Å². The third kappa shape index (κ3) is 47.7. The summed E-state index contributed by atoms with van der Waals surface area (Å²) in [4.78, 5) is 21.7. The lowest BCUT2D eigenvalue weighted by molar-refractivity contribution is -0.870. The van der Waals surface area contributed by atoms with E-state index in [-0.39, 0.29) is 19.2 Å². The number of nitrogens with zero attached hydrogens (tertiary/aromatic N) is 1. The minimum absolute atomic E-state index is 0.0494. The monoisotopic (exact) mass is 843 g/mol. The van der Waals surface area contributed by atoms with Gasteiger partial charge in [0.15, 0.2) is 0 Å². The van der Waals surface area contributed by atoms with Crippen LogP contribution in [0, 0.1) is 0 Å². The standard InChI is InChI=1S/C50H84NO7P/c1-5-6-7-8-9-10-11-12-13-14-15-16-17-18-19-20-21-22-23-24-25-26-27-28-29-30-31-32-33-34-35-36-37-38-39-40-41-42-43-44-50(53)56-47-49(52)48-58-59(54,55)57-46-45-51(2,3)4/h6-7,9-10,12-13,15-16,18-19,21-22,24-25,27-28,30-31,49,52H,5,8,11,14,17,20,23,26,29,32-48H2,1-4H3/p+1/b7-6-,10-9-,13-12-,16-15-,19-18-,22-21-,25-24-,28-27-,31-30-. The summed E-state index contributed by atoms with van der Waals surface area (Å²) in [5.41, 5.74) is 0. The van der Waals surface area contributed by atoms with Crippen molar-refractivity contribution < 1.29 is 37.6 Å². The van der Waals surface area contributed by atoms with Crippen LogP contribution in [0.15, 0.2) is 109 Å². The molecule has 0 aromatic carbocycles. The van der Waals surface area contributed by atoms with E-state index in [0.717, 1.165) is 77.0 Å². The van der Waals surface area contributed by atoms with E-state index < -0.39 is 20.5 Å². The maximum absolute atomic E-state index is 12.0. The molecule has 0 aromatic rings. The van der Waals surface area contributed by atoms with Gasteiger partial charge in [0, 0.05) is 6.42 Å². The fourth-order valence-corrected chi connectivity index (χ4v) is 6.28. The summed E-state index contributed by atoms with van der Waals surface area (Å²) in [6.45, 7) is 2.01. The van der Waals surface area contributed by atoms with Crippen LogP contribution in [0.5, 0.6) is 0 Å². The largest absolute Gasteiger partial charge is 0.472 e. The summed E-state index contributed by atoms with van der Waals surface area (Å²) in [6, 6.07) is 0. The molecule has 8 nitrogen and oxygen atoms in total. The Balaban J connectivity index is 3.54. The molecule has 0 bridgehead atoms. The number of phosphoric ester groups is 1. The van der Waals surface area contributed by atoms with Crippen LogP contribution < -0.4 is 0 Å². The maximum Gasteiger partial charge on any atom is 0.472 e. The molecule has 59 heavy (non-hydrogen) atoms. The Bertz CT molecular complexity index is 1300. The van der Waals surface area contributed by atoms with Gasteiger partial charge in [0.25, 0.3) is 0 Å². The number of aliphatic hydroxyl groups is 1. The number of phosphoric acid groups is 1. The molecular weight excluding hydrogens is 758 g/mol. The second-order valence-corrected chi connectivity index (χ2v) is 17.4. The number of quaternary nitrogens is 1. The van der Waals surface area contributed by atoms with Crippen LogP contribution in [-0.2, 0) is 23.1 Å². The summed E-state index contributed by atoms with van der Waals surface area (Å²) < 4.78 is 27.2. The fourth-order valence-electron chi connectivity index (χ4n) is 5.53. The summed E-state index contributed by atoms with van der Waals surface area (Å²) >= 11 is 0. The Morgan fingerprint density at radius 1 is 0.525 bits per heavy atom. The first-order valence-corrected chi connectivity index (χ1v) is 24.2. The highest BCUT2D eigenvalue weighted by Gasteiger charge is 2.24. The number of rotatable bonds is 40. The quantitative estimate of drug-likeness (QED) is 0.0208. The third-order valence-corrected chi connectivity index (χ3v) is 10.0. The predicted octanol–water partition coefficient (Wildman–Crippen LogP) is 13.3. The van der Waals surface area contributed by atoms with E-state index in [1.54, 1.807) is 0 Å². The average Bonchev–Trinajstić information content (AvgIpc) is 3.19. The first kappa shape index (κ1) is 56.2. The van der Waals surface area contributed by atoms with Crippen LogP contribution in [0.1, 0.15) is 148 Å². The van der Waals surface area contributed by atoms with Gasteiger partial charge in [-0.2, -0.15) is 0 Å². The number of unbranched alkanes of at least 4 members (excludes halogenated alkanes) is 11. The number of likely N-dealkylation sites (N-methyl/N-ethyl adjacent to an activating group) is 1. The third-order valence-electron chi connectivity index (χ3n) is 9.05. The SMILES string of the molecule is CC/C=C\C/C=C\C/C=C\C/C=C\C/C=C\C/C=C\C/C=C\C/C=C\C/C=C\CCCCCCCCCCCCCC(=O)OCC(O)COP(=O)(O)OCC[N+](C)(C)C. The van der Waals surface area contributed by atoms with Crippen molar-refractivity contribution in [3.05, 3.63) is 109 Å². The molecule has 0 aliphatic rings. The number of carbonyl (C=O) groups excluding carboxylic acids is 1. The van der Waals surface area contributed by atoms with Crippen LogP contribution in [0.2, 0.25) is 0 Å². The number of carbonyl (C=O) groups is 1. The van der Waals surface area contributed by atoms with Gasteiger partial charge in [0.1, 0.15) is 25.9 Å². The molecule has 0 aliphatic heterocycles. The highest BCUT2D eigenvalue weighted by molar-refractivity contribution is 7.47. The second-order valence-electron chi connectivity index (χ2n) is 15.9. The molecule has 2 unspecified atom stereocenters. The van der Waals surface area contributed by atoms with Crippen LogP contribution >= 0.6 is 7.82 Å². The molecule has 0 aromatic heterocycles. The molecule has 0 radical (unpaired) electrons. The number of aliphatic hydroxyl groups excluding tert-OH is 1. The Hall–Kier alpha value is -2.84. The number of hydrogen-bond acceptors (Lipinski definition) is 6. The molecule has 0 heterocycles. The molecule has 0 saturated heterocycles. The fraction of sp³-hybridized carbons (Fsp3) is 0.620. The Morgan fingerprint density at radius 2 is 0.881 bits per heavy atom. The molecule has 2 atom stereocenters. The normalized spacial score (nSPS) is 14.7. The van der Waals surface area contributed by atoms with Gasteiger partial charge in [-0.05, 0) is 77.0 Å². The van der Waals surface area contributed by atoms with Crippen LogP contribution in [0.3, 0.4) is 0 Å². The summed E-state index contributed by atoms with van der Waals surface area (Å²) in [6.07, 6.45) is 62.8. The van der Waals surface area contributed by atoms with E-state index in [2.05, 4.69) is 116 Å². The lowest BCUT2D eigenvalue weighted by Crippen LogP contribution is -2.37. The van der Waals surface area contributed by atoms with Gasteiger partial charge in [-0.1, -0.05) is 174 Å². The highest BCUT2D eigenvalue weighted by Crippen LogP contribution is 2.43. The van der Waals surface area contributed by atoms with Crippen molar-refractivity contribution in [3.63, 3.8) is 0 Å². The van der Waals surface area contributed by atoms with Gasteiger partial charge in [-0.25, -0.2) is 4.57 Å². The molecule has 9 heteroatoms. The summed E-state index contributed by atoms with van der Waals surface area (Å²) in [7, 11) is 1.55. The number of allylic oxidation sites excluding steroid dienone is 18. The zero-order valence-electron chi connectivity index (χ0n) is 37.7. The molecule has 0 rings (SSSR count). The number of esters is 1. The Kier molecular flexibility index (Phi) is 39.9. The van der Waals surface area contributed by atoms with Gasteiger partial charge in [-0.3, -0.25) is 13.8 Å². The molecular formula is C50H85NO7P+. The molecule has 0 amide bonds. The van der Waals surface area contributed by atoms with E-state index in [4.69, 9.17) is 13.8 Å². The Morgan fingerprint density at radius 3 is 1.27 bits per heavy atom. The molecule has 0 aliphatic carbocycles.